The minimum atomic E-state index is -0.787. The van der Waals surface area contributed by atoms with Crippen LogP contribution in [0.5, 0.6) is 0 Å². The zero-order valence-corrected chi connectivity index (χ0v) is 19.0. The first-order chi connectivity index (χ1) is 13.8. The molecule has 30 heavy (non-hydrogen) atoms. The van der Waals surface area contributed by atoms with Crippen LogP contribution in [0, 0.1) is 34.5 Å². The molecule has 1 saturated heterocycles. The van der Waals surface area contributed by atoms with Crippen molar-refractivity contribution < 1.29 is 19.2 Å². The molecule has 1 heterocycles. The van der Waals surface area contributed by atoms with Crippen molar-refractivity contribution in [3.05, 3.63) is 0 Å². The second kappa shape index (κ2) is 11.1. The SMILES string of the molecule is CC(=O)N[C@H](C(=O)C[C@@H](CC(C)C)C(=O)N[C@H](C#N)C[C@@H]1CCNC1=O)C(C)(C)C. The molecular formula is C22H36N4O4. The molecule has 1 aliphatic heterocycles. The Morgan fingerprint density at radius 3 is 2.30 bits per heavy atom. The van der Waals surface area contributed by atoms with Crippen molar-refractivity contribution in [2.45, 2.75) is 79.3 Å². The molecule has 1 aliphatic rings. The van der Waals surface area contributed by atoms with Gasteiger partial charge in [-0.25, -0.2) is 0 Å². The highest BCUT2D eigenvalue weighted by atomic mass is 16.2. The van der Waals surface area contributed by atoms with E-state index in [1.54, 1.807) is 0 Å². The molecule has 0 aliphatic carbocycles. The van der Waals surface area contributed by atoms with Gasteiger partial charge >= 0.3 is 0 Å². The van der Waals surface area contributed by atoms with Gasteiger partial charge in [0.25, 0.3) is 0 Å². The van der Waals surface area contributed by atoms with Gasteiger partial charge in [0.05, 0.1) is 12.1 Å². The first kappa shape index (κ1) is 25.6. The number of nitriles is 1. The van der Waals surface area contributed by atoms with Crippen LogP contribution in [0.25, 0.3) is 0 Å². The largest absolute Gasteiger partial charge is 0.356 e. The molecule has 0 saturated carbocycles. The summed E-state index contributed by atoms with van der Waals surface area (Å²) in [5, 5.41) is 17.6. The average Bonchev–Trinajstić information content (AvgIpc) is 3.01. The molecule has 3 N–H and O–H groups in total. The summed E-state index contributed by atoms with van der Waals surface area (Å²) < 4.78 is 0. The van der Waals surface area contributed by atoms with E-state index in [1.165, 1.54) is 6.92 Å². The molecule has 1 fully saturated rings. The van der Waals surface area contributed by atoms with Crippen LogP contribution in [0.4, 0.5) is 0 Å². The molecule has 0 aromatic rings. The van der Waals surface area contributed by atoms with Crippen molar-refractivity contribution in [2.24, 2.45) is 23.2 Å². The lowest BCUT2D eigenvalue weighted by Crippen LogP contribution is -2.50. The number of amides is 3. The Balaban J connectivity index is 2.89. The van der Waals surface area contributed by atoms with E-state index in [4.69, 9.17) is 0 Å². The summed E-state index contributed by atoms with van der Waals surface area (Å²) in [6.07, 6.45) is 1.36. The minimum absolute atomic E-state index is 0.0196. The number of nitrogens with one attached hydrogen (secondary N) is 3. The van der Waals surface area contributed by atoms with E-state index in [-0.39, 0.29) is 48.2 Å². The predicted octanol–water partition coefficient (Wildman–Crippen LogP) is 1.69. The molecule has 4 atom stereocenters. The fourth-order valence-corrected chi connectivity index (χ4v) is 3.78. The Morgan fingerprint density at radius 1 is 1.23 bits per heavy atom. The highest BCUT2D eigenvalue weighted by molar-refractivity contribution is 5.92. The van der Waals surface area contributed by atoms with Gasteiger partial charge in [0.1, 0.15) is 6.04 Å². The topological polar surface area (TPSA) is 128 Å². The quantitative estimate of drug-likeness (QED) is 0.495. The standard InChI is InChI=1S/C22H36N4O4/c1-13(2)9-16(11-18(28)19(22(4,5)6)25-14(3)27)21(30)26-17(12-23)10-15-7-8-24-20(15)29/h13,15-17,19H,7-11H2,1-6H3,(H,24,29)(H,25,27)(H,26,30)/t15-,16+,17-,19+/m0/s1. The Hall–Kier alpha value is -2.43. The number of rotatable bonds is 10. The number of nitrogens with zero attached hydrogens (tertiary/aromatic N) is 1. The average molecular weight is 421 g/mol. The van der Waals surface area contributed by atoms with Crippen LogP contribution < -0.4 is 16.0 Å². The third-order valence-corrected chi connectivity index (χ3v) is 5.27. The van der Waals surface area contributed by atoms with Gasteiger partial charge in [-0.05, 0) is 30.6 Å². The van der Waals surface area contributed by atoms with Gasteiger partial charge in [-0.1, -0.05) is 34.6 Å². The first-order valence-electron chi connectivity index (χ1n) is 10.6. The zero-order valence-electron chi connectivity index (χ0n) is 19.0. The Morgan fingerprint density at radius 2 is 1.87 bits per heavy atom. The summed E-state index contributed by atoms with van der Waals surface area (Å²) in [6.45, 7) is 11.5. The molecule has 168 valence electrons. The summed E-state index contributed by atoms with van der Waals surface area (Å²) in [7, 11) is 0. The van der Waals surface area contributed by atoms with Crippen molar-refractivity contribution in [3.8, 4) is 6.07 Å². The number of carbonyl (C=O) groups excluding carboxylic acids is 4. The number of hydrogen-bond acceptors (Lipinski definition) is 5. The van der Waals surface area contributed by atoms with Crippen molar-refractivity contribution in [1.29, 1.82) is 5.26 Å². The smallest absolute Gasteiger partial charge is 0.224 e. The van der Waals surface area contributed by atoms with Gasteiger partial charge in [-0.2, -0.15) is 5.26 Å². The molecule has 0 bridgehead atoms. The lowest BCUT2D eigenvalue weighted by molar-refractivity contribution is -0.133. The van der Waals surface area contributed by atoms with Crippen LogP contribution in [0.2, 0.25) is 0 Å². The first-order valence-corrected chi connectivity index (χ1v) is 10.6. The van der Waals surface area contributed by atoms with Crippen molar-refractivity contribution in [3.63, 3.8) is 0 Å². The number of ketones is 1. The van der Waals surface area contributed by atoms with E-state index in [1.807, 2.05) is 34.6 Å². The van der Waals surface area contributed by atoms with E-state index >= 15 is 0 Å². The zero-order chi connectivity index (χ0) is 23.1. The van der Waals surface area contributed by atoms with Gasteiger partial charge in [0.15, 0.2) is 5.78 Å². The van der Waals surface area contributed by atoms with Crippen molar-refractivity contribution in [2.75, 3.05) is 6.54 Å². The maximum atomic E-state index is 13.0. The van der Waals surface area contributed by atoms with E-state index < -0.39 is 23.4 Å². The van der Waals surface area contributed by atoms with E-state index in [2.05, 4.69) is 22.0 Å². The second-order valence-electron chi connectivity index (χ2n) is 9.70. The van der Waals surface area contributed by atoms with Crippen LogP contribution in [0.3, 0.4) is 0 Å². The molecule has 0 radical (unpaired) electrons. The predicted molar refractivity (Wildman–Crippen MR) is 113 cm³/mol. The van der Waals surface area contributed by atoms with Gasteiger partial charge in [0, 0.05) is 31.7 Å². The normalized spacial score (nSPS) is 19.4. The minimum Gasteiger partial charge on any atom is -0.356 e. The Kier molecular flexibility index (Phi) is 9.47. The lowest BCUT2D eigenvalue weighted by atomic mass is 9.80. The van der Waals surface area contributed by atoms with Crippen LogP contribution in [-0.4, -0.2) is 42.1 Å². The lowest BCUT2D eigenvalue weighted by Gasteiger charge is -2.31. The Labute approximate surface area is 179 Å². The molecule has 0 aromatic heterocycles. The summed E-state index contributed by atoms with van der Waals surface area (Å²) in [4.78, 5) is 49.3. The van der Waals surface area contributed by atoms with Gasteiger partial charge in [0.2, 0.25) is 17.7 Å². The summed E-state index contributed by atoms with van der Waals surface area (Å²) >= 11 is 0. The maximum absolute atomic E-state index is 13.0. The summed E-state index contributed by atoms with van der Waals surface area (Å²) in [5.41, 5.74) is -0.493. The fraction of sp³-hybridized carbons (Fsp3) is 0.773. The number of carbonyl (C=O) groups is 4. The highest BCUT2D eigenvalue weighted by Crippen LogP contribution is 2.25. The molecule has 8 heteroatoms. The van der Waals surface area contributed by atoms with Gasteiger partial charge in [-0.15, -0.1) is 0 Å². The third kappa shape index (κ3) is 8.13. The monoisotopic (exact) mass is 420 g/mol. The van der Waals surface area contributed by atoms with Crippen molar-refractivity contribution in [1.82, 2.24) is 16.0 Å². The van der Waals surface area contributed by atoms with E-state index in [0.29, 0.717) is 19.4 Å². The van der Waals surface area contributed by atoms with Crippen LogP contribution >= 0.6 is 0 Å². The van der Waals surface area contributed by atoms with Gasteiger partial charge in [-0.3, -0.25) is 19.2 Å². The second-order valence-corrected chi connectivity index (χ2v) is 9.70. The molecule has 3 amide bonds. The molecular weight excluding hydrogens is 384 g/mol. The molecule has 0 unspecified atom stereocenters. The maximum Gasteiger partial charge on any atom is 0.224 e. The van der Waals surface area contributed by atoms with Crippen molar-refractivity contribution >= 4 is 23.5 Å². The number of hydrogen-bond donors (Lipinski definition) is 3. The fourth-order valence-electron chi connectivity index (χ4n) is 3.78. The van der Waals surface area contributed by atoms with Crippen LogP contribution in [0.1, 0.15) is 67.2 Å². The van der Waals surface area contributed by atoms with E-state index in [9.17, 15) is 24.4 Å². The van der Waals surface area contributed by atoms with E-state index in [0.717, 1.165) is 0 Å². The van der Waals surface area contributed by atoms with Gasteiger partial charge < -0.3 is 16.0 Å². The Bertz CT molecular complexity index is 690. The molecule has 0 aromatic carbocycles. The third-order valence-electron chi connectivity index (χ3n) is 5.27. The molecule has 1 rings (SSSR count). The summed E-state index contributed by atoms with van der Waals surface area (Å²) in [6, 6.07) is 0.572. The van der Waals surface area contributed by atoms with Crippen LogP contribution in [-0.2, 0) is 19.2 Å². The van der Waals surface area contributed by atoms with Crippen LogP contribution in [0.15, 0.2) is 0 Å². The molecule has 0 spiro atoms. The molecule has 8 nitrogen and oxygen atoms in total. The summed E-state index contributed by atoms with van der Waals surface area (Å²) in [5.74, 6) is -1.69. The number of Topliss-reactive ketones (excluding diaryl/α,β-unsaturated/α-hetero) is 1. The highest BCUT2D eigenvalue weighted by Gasteiger charge is 2.35.